The molecule has 1 aliphatic rings. The lowest BCUT2D eigenvalue weighted by molar-refractivity contribution is 0.0409. The summed E-state index contributed by atoms with van der Waals surface area (Å²) in [7, 11) is 3.40. The van der Waals surface area contributed by atoms with E-state index < -0.39 is 6.10 Å². The van der Waals surface area contributed by atoms with Gasteiger partial charge in [-0.05, 0) is 12.2 Å². The van der Waals surface area contributed by atoms with E-state index in [1.165, 1.54) is 0 Å². The summed E-state index contributed by atoms with van der Waals surface area (Å²) in [5.74, 6) is 0. The molecule has 62 valence electrons. The lowest BCUT2D eigenvalue weighted by Crippen LogP contribution is -2.28. The first kappa shape index (κ1) is 8.30. The van der Waals surface area contributed by atoms with Gasteiger partial charge in [-0.25, -0.2) is 0 Å². The maximum Gasteiger partial charge on any atom is 0.105 e. The molecule has 11 heavy (non-hydrogen) atoms. The highest BCUT2D eigenvalue weighted by molar-refractivity contribution is 5.25. The van der Waals surface area contributed by atoms with Gasteiger partial charge in [0, 0.05) is 19.9 Å². The van der Waals surface area contributed by atoms with Crippen LogP contribution in [0.3, 0.4) is 0 Å². The SMILES string of the molecule is CNC1=CC(O)C(OC)C=C1. The maximum absolute atomic E-state index is 9.38. The predicted molar refractivity (Wildman–Crippen MR) is 43.1 cm³/mol. The Bertz CT molecular complexity index is 187. The minimum Gasteiger partial charge on any atom is -0.388 e. The van der Waals surface area contributed by atoms with Gasteiger partial charge in [0.25, 0.3) is 0 Å². The van der Waals surface area contributed by atoms with Crippen LogP contribution in [0.25, 0.3) is 0 Å². The minimum atomic E-state index is -0.535. The molecule has 0 aliphatic heterocycles. The summed E-state index contributed by atoms with van der Waals surface area (Å²) < 4.78 is 4.99. The average Bonchev–Trinajstić information content (AvgIpc) is 2.04. The van der Waals surface area contributed by atoms with Crippen LogP contribution < -0.4 is 5.32 Å². The topological polar surface area (TPSA) is 41.5 Å². The van der Waals surface area contributed by atoms with Crippen molar-refractivity contribution < 1.29 is 9.84 Å². The number of likely N-dealkylation sites (N-methyl/N-ethyl adjacent to an activating group) is 1. The number of hydrogen-bond donors (Lipinski definition) is 2. The van der Waals surface area contributed by atoms with Crippen LogP contribution in [-0.2, 0) is 4.74 Å². The van der Waals surface area contributed by atoms with E-state index in [4.69, 9.17) is 4.74 Å². The van der Waals surface area contributed by atoms with E-state index >= 15 is 0 Å². The Morgan fingerprint density at radius 1 is 1.64 bits per heavy atom. The molecule has 3 heteroatoms. The fourth-order valence-corrected chi connectivity index (χ4v) is 1.03. The molecule has 0 heterocycles. The molecule has 0 aromatic rings. The highest BCUT2D eigenvalue weighted by Crippen LogP contribution is 2.10. The molecule has 0 saturated carbocycles. The summed E-state index contributed by atoms with van der Waals surface area (Å²) in [5, 5.41) is 12.3. The van der Waals surface area contributed by atoms with E-state index in [1.807, 2.05) is 19.2 Å². The Morgan fingerprint density at radius 3 is 2.82 bits per heavy atom. The van der Waals surface area contributed by atoms with Gasteiger partial charge in [-0.3, -0.25) is 0 Å². The van der Waals surface area contributed by atoms with Crippen LogP contribution in [0.15, 0.2) is 23.9 Å². The number of nitrogens with one attached hydrogen (secondary N) is 1. The third-order valence-electron chi connectivity index (χ3n) is 1.71. The van der Waals surface area contributed by atoms with Gasteiger partial charge in [-0.1, -0.05) is 6.08 Å². The number of allylic oxidation sites excluding steroid dienone is 1. The second-order valence-electron chi connectivity index (χ2n) is 2.42. The Kier molecular flexibility index (Phi) is 2.68. The van der Waals surface area contributed by atoms with Crippen molar-refractivity contribution in [1.82, 2.24) is 5.32 Å². The first-order chi connectivity index (χ1) is 5.27. The second kappa shape index (κ2) is 3.55. The first-order valence-corrected chi connectivity index (χ1v) is 3.56. The summed E-state index contributed by atoms with van der Waals surface area (Å²) in [4.78, 5) is 0. The summed E-state index contributed by atoms with van der Waals surface area (Å²) >= 11 is 0. The summed E-state index contributed by atoms with van der Waals surface area (Å²) in [6, 6.07) is 0. The third kappa shape index (κ3) is 1.82. The molecular formula is C8H13NO2. The van der Waals surface area contributed by atoms with Crippen molar-refractivity contribution in [2.45, 2.75) is 12.2 Å². The van der Waals surface area contributed by atoms with Crippen LogP contribution in [0.5, 0.6) is 0 Å². The normalized spacial score (nSPS) is 29.9. The first-order valence-electron chi connectivity index (χ1n) is 3.56. The van der Waals surface area contributed by atoms with Gasteiger partial charge >= 0.3 is 0 Å². The molecule has 0 amide bonds. The maximum atomic E-state index is 9.38. The monoisotopic (exact) mass is 155 g/mol. The van der Waals surface area contributed by atoms with E-state index in [2.05, 4.69) is 5.32 Å². The number of ether oxygens (including phenoxy) is 1. The minimum absolute atomic E-state index is 0.202. The van der Waals surface area contributed by atoms with Crippen LogP contribution in [0.1, 0.15) is 0 Å². The average molecular weight is 155 g/mol. The van der Waals surface area contributed by atoms with Crippen molar-refractivity contribution in [2.75, 3.05) is 14.2 Å². The molecule has 2 N–H and O–H groups in total. The van der Waals surface area contributed by atoms with E-state index in [1.54, 1.807) is 13.2 Å². The fraction of sp³-hybridized carbons (Fsp3) is 0.500. The van der Waals surface area contributed by atoms with Gasteiger partial charge in [0.15, 0.2) is 0 Å². The Balaban J connectivity index is 2.63. The molecule has 0 spiro atoms. The molecule has 0 radical (unpaired) electrons. The number of aliphatic hydroxyl groups excluding tert-OH is 1. The molecule has 0 fully saturated rings. The largest absolute Gasteiger partial charge is 0.388 e. The zero-order valence-corrected chi connectivity index (χ0v) is 6.74. The standard InChI is InChI=1S/C8H13NO2/c1-9-6-3-4-8(11-2)7(10)5-6/h3-5,7-10H,1-2H3. The fourth-order valence-electron chi connectivity index (χ4n) is 1.03. The van der Waals surface area contributed by atoms with Gasteiger partial charge in [0.2, 0.25) is 0 Å². The molecular weight excluding hydrogens is 142 g/mol. The third-order valence-corrected chi connectivity index (χ3v) is 1.71. The molecule has 3 nitrogen and oxygen atoms in total. The molecule has 2 atom stereocenters. The van der Waals surface area contributed by atoms with Crippen molar-refractivity contribution in [3.8, 4) is 0 Å². The molecule has 0 bridgehead atoms. The highest BCUT2D eigenvalue weighted by atomic mass is 16.5. The second-order valence-corrected chi connectivity index (χ2v) is 2.42. The van der Waals surface area contributed by atoms with Gasteiger partial charge in [-0.15, -0.1) is 0 Å². The molecule has 0 saturated heterocycles. The van der Waals surface area contributed by atoms with E-state index in [0.717, 1.165) is 5.70 Å². The Morgan fingerprint density at radius 2 is 2.36 bits per heavy atom. The molecule has 1 aliphatic carbocycles. The van der Waals surface area contributed by atoms with Crippen LogP contribution in [0.2, 0.25) is 0 Å². The predicted octanol–water partition coefficient (Wildman–Crippen LogP) is 0.0354. The van der Waals surface area contributed by atoms with Crippen LogP contribution in [0, 0.1) is 0 Å². The zero-order chi connectivity index (χ0) is 8.27. The van der Waals surface area contributed by atoms with Gasteiger partial charge in [0.05, 0.1) is 0 Å². The summed E-state index contributed by atoms with van der Waals surface area (Å²) in [5.41, 5.74) is 0.922. The van der Waals surface area contributed by atoms with Crippen molar-refractivity contribution in [3.05, 3.63) is 23.9 Å². The molecule has 1 rings (SSSR count). The van der Waals surface area contributed by atoms with Crippen LogP contribution >= 0.6 is 0 Å². The number of hydrogen-bond acceptors (Lipinski definition) is 3. The number of aliphatic hydroxyl groups is 1. The summed E-state index contributed by atoms with van der Waals surface area (Å²) in [6.45, 7) is 0. The van der Waals surface area contributed by atoms with Gasteiger partial charge < -0.3 is 15.2 Å². The summed E-state index contributed by atoms with van der Waals surface area (Å²) in [6.07, 6.45) is 4.71. The van der Waals surface area contributed by atoms with Crippen molar-refractivity contribution in [2.24, 2.45) is 0 Å². The zero-order valence-electron chi connectivity index (χ0n) is 6.74. The number of methoxy groups -OCH3 is 1. The van der Waals surface area contributed by atoms with Gasteiger partial charge in [-0.2, -0.15) is 0 Å². The van der Waals surface area contributed by atoms with Crippen molar-refractivity contribution in [1.29, 1.82) is 0 Å². The smallest absolute Gasteiger partial charge is 0.105 e. The van der Waals surface area contributed by atoms with Gasteiger partial charge in [0.1, 0.15) is 12.2 Å². The molecule has 0 aromatic carbocycles. The molecule has 0 aromatic heterocycles. The quantitative estimate of drug-likeness (QED) is 0.591. The van der Waals surface area contributed by atoms with Crippen LogP contribution in [0.4, 0.5) is 0 Å². The lowest BCUT2D eigenvalue weighted by Gasteiger charge is -2.20. The van der Waals surface area contributed by atoms with E-state index in [0.29, 0.717) is 0 Å². The van der Waals surface area contributed by atoms with Crippen molar-refractivity contribution >= 4 is 0 Å². The molecule has 2 unspecified atom stereocenters. The Hall–Kier alpha value is -0.800. The van der Waals surface area contributed by atoms with Crippen LogP contribution in [-0.4, -0.2) is 31.5 Å². The highest BCUT2D eigenvalue weighted by Gasteiger charge is 2.16. The lowest BCUT2D eigenvalue weighted by atomic mass is 10.1. The van der Waals surface area contributed by atoms with E-state index in [-0.39, 0.29) is 6.10 Å². The Labute approximate surface area is 66.4 Å². The van der Waals surface area contributed by atoms with E-state index in [9.17, 15) is 5.11 Å². The van der Waals surface area contributed by atoms with Crippen molar-refractivity contribution in [3.63, 3.8) is 0 Å². The number of rotatable bonds is 2.